The predicted molar refractivity (Wildman–Crippen MR) is 85.1 cm³/mol. The fraction of sp³-hybridized carbons (Fsp3) is 0.250. The monoisotopic (exact) mass is 272 g/mol. The molecule has 3 atom stereocenters. The van der Waals surface area contributed by atoms with E-state index in [-0.39, 0.29) is 12.1 Å². The minimum atomic E-state index is -0.0415. The predicted octanol–water partition coefficient (Wildman–Crippen LogP) is 2.89. The molecule has 0 spiro atoms. The first kappa shape index (κ1) is 14.2. The molecule has 1 unspecified atom stereocenters. The molecule has 0 aliphatic carbocycles. The summed E-state index contributed by atoms with van der Waals surface area (Å²) >= 11 is 0. The molecule has 0 saturated heterocycles. The summed E-state index contributed by atoms with van der Waals surface area (Å²) in [4.78, 5) is 0. The zero-order valence-corrected chi connectivity index (χ0v) is 12.2. The Morgan fingerprint density at radius 2 is 1.42 bits per heavy atom. The molecule has 0 aliphatic heterocycles. The quantitative estimate of drug-likeness (QED) is 0.794. The fourth-order valence-electron chi connectivity index (χ4n) is 2.22. The number of nitrogens with two attached hydrogens (primary N) is 1. The number of rotatable bonds is 6. The van der Waals surface area contributed by atoms with Gasteiger partial charge in [-0.3, -0.25) is 0 Å². The standard InChI is InChI=1S/C16H21N2P/c17-15(13-7-3-1-4-8-13)16(18-11-12-19)14-9-5-2-6-10-14/h1-10,15-16,18H,11-12,17,19H2/t15-,16-/m0/s1. The first-order valence-corrected chi connectivity index (χ1v) is 7.43. The number of hydrogen-bond donors (Lipinski definition) is 2. The van der Waals surface area contributed by atoms with E-state index < -0.39 is 0 Å². The van der Waals surface area contributed by atoms with Gasteiger partial charge in [0.1, 0.15) is 0 Å². The van der Waals surface area contributed by atoms with Crippen molar-refractivity contribution in [1.29, 1.82) is 0 Å². The van der Waals surface area contributed by atoms with Gasteiger partial charge in [-0.15, -0.1) is 9.24 Å². The van der Waals surface area contributed by atoms with Gasteiger partial charge in [0, 0.05) is 6.04 Å². The van der Waals surface area contributed by atoms with Crippen LogP contribution in [0.15, 0.2) is 60.7 Å². The number of benzene rings is 2. The van der Waals surface area contributed by atoms with Crippen molar-refractivity contribution in [3.05, 3.63) is 71.8 Å². The highest BCUT2D eigenvalue weighted by atomic mass is 31.0. The van der Waals surface area contributed by atoms with Crippen molar-refractivity contribution < 1.29 is 0 Å². The van der Waals surface area contributed by atoms with Crippen LogP contribution in [0.4, 0.5) is 0 Å². The van der Waals surface area contributed by atoms with E-state index in [2.05, 4.69) is 51.0 Å². The minimum absolute atomic E-state index is 0.0415. The molecule has 19 heavy (non-hydrogen) atoms. The third-order valence-electron chi connectivity index (χ3n) is 3.21. The van der Waals surface area contributed by atoms with Gasteiger partial charge >= 0.3 is 0 Å². The number of hydrogen-bond acceptors (Lipinski definition) is 2. The van der Waals surface area contributed by atoms with Crippen molar-refractivity contribution in [3.8, 4) is 0 Å². The summed E-state index contributed by atoms with van der Waals surface area (Å²) in [7, 11) is 2.74. The Hall–Kier alpha value is -1.21. The van der Waals surface area contributed by atoms with E-state index in [0.29, 0.717) is 0 Å². The molecular formula is C16H21N2P. The lowest BCUT2D eigenvalue weighted by atomic mass is 9.94. The first-order chi connectivity index (χ1) is 9.33. The second-order valence-corrected chi connectivity index (χ2v) is 5.14. The van der Waals surface area contributed by atoms with Gasteiger partial charge in [-0.1, -0.05) is 60.7 Å². The van der Waals surface area contributed by atoms with E-state index in [1.165, 1.54) is 5.56 Å². The molecule has 0 bridgehead atoms. The fourth-order valence-corrected chi connectivity index (χ4v) is 2.39. The largest absolute Gasteiger partial charge is 0.322 e. The van der Waals surface area contributed by atoms with Crippen LogP contribution in [0.2, 0.25) is 0 Å². The highest BCUT2D eigenvalue weighted by molar-refractivity contribution is 7.16. The van der Waals surface area contributed by atoms with E-state index >= 15 is 0 Å². The molecule has 100 valence electrons. The molecule has 0 aliphatic rings. The van der Waals surface area contributed by atoms with E-state index in [1.807, 2.05) is 24.3 Å². The van der Waals surface area contributed by atoms with Crippen molar-refractivity contribution in [2.45, 2.75) is 12.1 Å². The van der Waals surface area contributed by atoms with Crippen LogP contribution in [0.1, 0.15) is 23.2 Å². The van der Waals surface area contributed by atoms with Crippen molar-refractivity contribution in [2.24, 2.45) is 5.73 Å². The van der Waals surface area contributed by atoms with E-state index in [4.69, 9.17) is 5.73 Å². The van der Waals surface area contributed by atoms with Crippen LogP contribution in [0, 0.1) is 0 Å². The highest BCUT2D eigenvalue weighted by Gasteiger charge is 2.20. The Labute approximate surface area is 117 Å². The summed E-state index contributed by atoms with van der Waals surface area (Å²) in [5, 5.41) is 3.54. The molecule has 2 aromatic rings. The van der Waals surface area contributed by atoms with Crippen LogP contribution in [-0.4, -0.2) is 12.7 Å². The van der Waals surface area contributed by atoms with Crippen LogP contribution in [0.5, 0.6) is 0 Å². The van der Waals surface area contributed by atoms with Gasteiger partial charge in [-0.25, -0.2) is 0 Å². The Morgan fingerprint density at radius 1 is 0.895 bits per heavy atom. The lowest BCUT2D eigenvalue weighted by Gasteiger charge is -2.26. The van der Waals surface area contributed by atoms with Crippen LogP contribution in [0.3, 0.4) is 0 Å². The molecule has 3 heteroatoms. The SMILES string of the molecule is N[C@@H](c1ccccc1)[C@@H](NCCP)c1ccccc1. The molecule has 0 aromatic heterocycles. The summed E-state index contributed by atoms with van der Waals surface area (Å²) in [6.45, 7) is 0.935. The molecule has 2 nitrogen and oxygen atoms in total. The highest BCUT2D eigenvalue weighted by Crippen LogP contribution is 2.26. The molecule has 0 radical (unpaired) electrons. The molecule has 0 heterocycles. The lowest BCUT2D eigenvalue weighted by Crippen LogP contribution is -2.32. The topological polar surface area (TPSA) is 38.0 Å². The lowest BCUT2D eigenvalue weighted by molar-refractivity contribution is 0.466. The molecule has 0 fully saturated rings. The van der Waals surface area contributed by atoms with Crippen molar-refractivity contribution in [1.82, 2.24) is 5.32 Å². The van der Waals surface area contributed by atoms with Crippen LogP contribution in [0.25, 0.3) is 0 Å². The van der Waals surface area contributed by atoms with E-state index in [9.17, 15) is 0 Å². The van der Waals surface area contributed by atoms with Crippen molar-refractivity contribution >= 4 is 9.24 Å². The molecule has 3 N–H and O–H groups in total. The first-order valence-electron chi connectivity index (χ1n) is 6.62. The van der Waals surface area contributed by atoms with Crippen molar-refractivity contribution in [2.75, 3.05) is 12.7 Å². The Balaban J connectivity index is 2.22. The molecule has 0 saturated carbocycles. The smallest absolute Gasteiger partial charge is 0.0516 e. The van der Waals surface area contributed by atoms with Gasteiger partial charge in [0.2, 0.25) is 0 Å². The summed E-state index contributed by atoms with van der Waals surface area (Å²) in [6.07, 6.45) is 1.02. The minimum Gasteiger partial charge on any atom is -0.322 e. The normalized spacial score (nSPS) is 14.0. The summed E-state index contributed by atoms with van der Waals surface area (Å²) in [5.41, 5.74) is 8.84. The zero-order chi connectivity index (χ0) is 13.5. The second-order valence-electron chi connectivity index (χ2n) is 4.57. The van der Waals surface area contributed by atoms with Crippen molar-refractivity contribution in [3.63, 3.8) is 0 Å². The van der Waals surface area contributed by atoms with Crippen LogP contribution < -0.4 is 11.1 Å². The van der Waals surface area contributed by atoms with Crippen LogP contribution >= 0.6 is 9.24 Å². The maximum atomic E-state index is 6.44. The third-order valence-corrected chi connectivity index (χ3v) is 3.50. The Morgan fingerprint density at radius 3 is 1.95 bits per heavy atom. The van der Waals surface area contributed by atoms with E-state index in [1.54, 1.807) is 0 Å². The summed E-state index contributed by atoms with van der Waals surface area (Å²) in [6, 6.07) is 20.8. The second kappa shape index (κ2) is 7.40. The Kier molecular flexibility index (Phi) is 5.53. The average molecular weight is 272 g/mol. The van der Waals surface area contributed by atoms with Gasteiger partial charge < -0.3 is 11.1 Å². The zero-order valence-electron chi connectivity index (χ0n) is 11.0. The average Bonchev–Trinajstić information content (AvgIpc) is 2.49. The van der Waals surface area contributed by atoms with Gasteiger partial charge in [-0.05, 0) is 23.8 Å². The molecule has 2 aromatic carbocycles. The maximum absolute atomic E-state index is 6.44. The summed E-state index contributed by atoms with van der Waals surface area (Å²) in [5.74, 6) is 0. The summed E-state index contributed by atoms with van der Waals surface area (Å²) < 4.78 is 0. The van der Waals surface area contributed by atoms with Gasteiger partial charge in [0.05, 0.1) is 6.04 Å². The van der Waals surface area contributed by atoms with Gasteiger partial charge in [0.25, 0.3) is 0 Å². The third kappa shape index (κ3) is 3.87. The maximum Gasteiger partial charge on any atom is 0.0516 e. The van der Waals surface area contributed by atoms with Gasteiger partial charge in [-0.2, -0.15) is 0 Å². The van der Waals surface area contributed by atoms with Crippen LogP contribution in [-0.2, 0) is 0 Å². The molecule has 2 rings (SSSR count). The van der Waals surface area contributed by atoms with Gasteiger partial charge in [0.15, 0.2) is 0 Å². The van der Waals surface area contributed by atoms with E-state index in [0.717, 1.165) is 18.3 Å². The molecule has 0 amide bonds. The Bertz CT molecular complexity index is 473. The number of nitrogens with one attached hydrogen (secondary N) is 1. The molecular weight excluding hydrogens is 251 g/mol.